The van der Waals surface area contributed by atoms with Crippen molar-refractivity contribution >= 4 is 0 Å². The van der Waals surface area contributed by atoms with E-state index in [9.17, 15) is 15.3 Å². The fourth-order valence-electron chi connectivity index (χ4n) is 4.89. The molecule has 5 atom stereocenters. The molecule has 0 aromatic carbocycles. The molecule has 6 nitrogen and oxygen atoms in total. The van der Waals surface area contributed by atoms with Crippen LogP contribution in [0.3, 0.4) is 0 Å². The van der Waals surface area contributed by atoms with Crippen LogP contribution in [0.15, 0.2) is 0 Å². The molecule has 0 unspecified atom stereocenters. The Balaban J connectivity index is 1.46. The normalized spacial score (nSPS) is 44.4. The number of aliphatic hydroxyl groups excluding tert-OH is 2. The van der Waals surface area contributed by atoms with Gasteiger partial charge in [-0.15, -0.1) is 0 Å². The first-order valence-corrected chi connectivity index (χ1v) is 9.62. The maximum Gasteiger partial charge on any atom is 0.169 e. The zero-order valence-electron chi connectivity index (χ0n) is 14.2. The monoisotopic (exact) mass is 342 g/mol. The van der Waals surface area contributed by atoms with Crippen molar-refractivity contribution in [3.8, 4) is 0 Å². The van der Waals surface area contributed by atoms with Crippen LogP contribution in [0.5, 0.6) is 0 Å². The van der Waals surface area contributed by atoms with Gasteiger partial charge >= 0.3 is 0 Å². The molecule has 3 N–H and O–H groups in total. The summed E-state index contributed by atoms with van der Waals surface area (Å²) in [5.41, 5.74) is 0. The predicted octanol–water partition coefficient (Wildman–Crippen LogP) is 1.59. The first-order chi connectivity index (χ1) is 11.5. The van der Waals surface area contributed by atoms with Gasteiger partial charge in [0.25, 0.3) is 0 Å². The van der Waals surface area contributed by atoms with E-state index >= 15 is 0 Å². The highest BCUT2D eigenvalue weighted by Crippen LogP contribution is 2.46. The number of hydrogen-bond acceptors (Lipinski definition) is 6. The average Bonchev–Trinajstić information content (AvgIpc) is 2.93. The number of ether oxygens (including phenoxy) is 3. The van der Waals surface area contributed by atoms with Crippen molar-refractivity contribution in [3.63, 3.8) is 0 Å². The molecule has 3 saturated carbocycles. The van der Waals surface area contributed by atoms with Crippen LogP contribution in [0.2, 0.25) is 0 Å². The van der Waals surface area contributed by atoms with E-state index in [2.05, 4.69) is 0 Å². The minimum atomic E-state index is -1.18. The van der Waals surface area contributed by atoms with E-state index in [0.717, 1.165) is 44.9 Å². The lowest BCUT2D eigenvalue weighted by Gasteiger charge is -2.42. The van der Waals surface area contributed by atoms with Gasteiger partial charge in [0.1, 0.15) is 18.3 Å². The molecule has 1 saturated heterocycles. The summed E-state index contributed by atoms with van der Waals surface area (Å²) < 4.78 is 18.1. The molecule has 0 bridgehead atoms. The molecule has 138 valence electrons. The molecule has 3 aliphatic carbocycles. The Labute approximate surface area is 143 Å². The van der Waals surface area contributed by atoms with Crippen LogP contribution in [-0.4, -0.2) is 57.4 Å². The molecule has 24 heavy (non-hydrogen) atoms. The van der Waals surface area contributed by atoms with Gasteiger partial charge in [0.15, 0.2) is 11.6 Å². The second kappa shape index (κ2) is 6.49. The third-order valence-corrected chi connectivity index (χ3v) is 6.22. The number of rotatable bonds is 2. The highest BCUT2D eigenvalue weighted by Gasteiger charge is 2.57. The van der Waals surface area contributed by atoms with Crippen molar-refractivity contribution in [1.29, 1.82) is 0 Å². The molecule has 1 heterocycles. The second-order valence-corrected chi connectivity index (χ2v) is 8.09. The fraction of sp³-hybridized carbons (Fsp3) is 1.00. The smallest absolute Gasteiger partial charge is 0.169 e. The van der Waals surface area contributed by atoms with E-state index in [0.29, 0.717) is 12.8 Å². The molecule has 0 aromatic heterocycles. The van der Waals surface area contributed by atoms with Crippen LogP contribution in [0.4, 0.5) is 0 Å². The fourth-order valence-corrected chi connectivity index (χ4v) is 4.89. The Kier molecular flexibility index (Phi) is 4.65. The van der Waals surface area contributed by atoms with Gasteiger partial charge in [-0.3, -0.25) is 0 Å². The van der Waals surface area contributed by atoms with Crippen molar-refractivity contribution in [3.05, 3.63) is 0 Å². The lowest BCUT2D eigenvalue weighted by atomic mass is 9.86. The molecule has 4 rings (SSSR count). The van der Waals surface area contributed by atoms with Crippen molar-refractivity contribution in [2.75, 3.05) is 0 Å². The summed E-state index contributed by atoms with van der Waals surface area (Å²) in [5, 5.41) is 31.9. The van der Waals surface area contributed by atoms with E-state index in [-0.39, 0.29) is 6.42 Å². The molecule has 6 heteroatoms. The zero-order valence-corrected chi connectivity index (χ0v) is 14.2. The Morgan fingerprint density at radius 3 is 2.04 bits per heavy atom. The topological polar surface area (TPSA) is 88.4 Å². The molecular weight excluding hydrogens is 312 g/mol. The van der Waals surface area contributed by atoms with Crippen LogP contribution in [0.25, 0.3) is 0 Å². The molecule has 0 aromatic rings. The summed E-state index contributed by atoms with van der Waals surface area (Å²) in [4.78, 5) is 0. The predicted molar refractivity (Wildman–Crippen MR) is 85.1 cm³/mol. The van der Waals surface area contributed by atoms with Crippen molar-refractivity contribution < 1.29 is 29.5 Å². The largest absolute Gasteiger partial charge is 0.390 e. The van der Waals surface area contributed by atoms with Crippen molar-refractivity contribution in [1.82, 2.24) is 0 Å². The quantitative estimate of drug-likeness (QED) is 0.661. The standard InChI is InChI=1S/C18H30O6/c19-12-11-13(22-17(21)7-3-1-4-8-17)14(20)16-15(12)23-18(24-16)9-5-2-6-10-18/h12-16,19-21H,1-11H2/t12-,13+,14-,15-,16+/m0/s1. The second-order valence-electron chi connectivity index (χ2n) is 8.09. The van der Waals surface area contributed by atoms with Gasteiger partial charge < -0.3 is 29.5 Å². The summed E-state index contributed by atoms with van der Waals surface area (Å²) in [7, 11) is 0. The third-order valence-electron chi connectivity index (χ3n) is 6.22. The first kappa shape index (κ1) is 17.2. The molecule has 0 amide bonds. The van der Waals surface area contributed by atoms with Crippen LogP contribution in [0, 0.1) is 0 Å². The lowest BCUT2D eigenvalue weighted by Crippen LogP contribution is -2.57. The molecule has 1 spiro atoms. The molecular formula is C18H30O6. The van der Waals surface area contributed by atoms with Crippen LogP contribution < -0.4 is 0 Å². The Hall–Kier alpha value is -0.240. The van der Waals surface area contributed by atoms with Gasteiger partial charge in [0.05, 0.1) is 12.2 Å². The van der Waals surface area contributed by atoms with Gasteiger partial charge in [-0.2, -0.15) is 0 Å². The minimum Gasteiger partial charge on any atom is -0.390 e. The van der Waals surface area contributed by atoms with Gasteiger partial charge in [-0.1, -0.05) is 12.8 Å². The highest BCUT2D eigenvalue weighted by atomic mass is 16.8. The SMILES string of the molecule is O[C@@H]1[C@H]2OC3(CCCCC3)O[C@H]2[C@@H](O)C[C@H]1OC1(O)CCCCC1. The van der Waals surface area contributed by atoms with E-state index in [1.807, 2.05) is 0 Å². The summed E-state index contributed by atoms with van der Waals surface area (Å²) in [6.45, 7) is 0. The summed E-state index contributed by atoms with van der Waals surface area (Å²) >= 11 is 0. The number of fused-ring (bicyclic) bond motifs is 1. The summed E-state index contributed by atoms with van der Waals surface area (Å²) in [6.07, 6.45) is 5.97. The van der Waals surface area contributed by atoms with E-state index in [1.54, 1.807) is 0 Å². The number of aliphatic hydroxyl groups is 3. The van der Waals surface area contributed by atoms with E-state index in [4.69, 9.17) is 14.2 Å². The third kappa shape index (κ3) is 3.13. The van der Waals surface area contributed by atoms with Gasteiger partial charge in [-0.05, 0) is 25.7 Å². The highest BCUT2D eigenvalue weighted by molar-refractivity contribution is 5.02. The molecule has 4 fully saturated rings. The minimum absolute atomic E-state index is 0.268. The van der Waals surface area contributed by atoms with Gasteiger partial charge in [0, 0.05) is 32.1 Å². The number of hydrogen-bond donors (Lipinski definition) is 3. The maximum atomic E-state index is 10.8. The first-order valence-electron chi connectivity index (χ1n) is 9.62. The van der Waals surface area contributed by atoms with E-state index < -0.39 is 42.1 Å². The summed E-state index contributed by atoms with van der Waals surface area (Å²) in [6, 6.07) is 0. The van der Waals surface area contributed by atoms with Crippen LogP contribution in [-0.2, 0) is 14.2 Å². The molecule has 1 aliphatic heterocycles. The van der Waals surface area contributed by atoms with Gasteiger partial charge in [0.2, 0.25) is 0 Å². The van der Waals surface area contributed by atoms with Crippen LogP contribution in [0.1, 0.15) is 70.6 Å². The Bertz CT molecular complexity index is 443. The Morgan fingerprint density at radius 2 is 1.38 bits per heavy atom. The molecule has 4 aliphatic rings. The zero-order chi connectivity index (χ0) is 16.8. The van der Waals surface area contributed by atoms with E-state index in [1.165, 1.54) is 6.42 Å². The average molecular weight is 342 g/mol. The lowest BCUT2D eigenvalue weighted by molar-refractivity contribution is -0.281. The summed E-state index contributed by atoms with van der Waals surface area (Å²) in [5.74, 6) is -1.83. The van der Waals surface area contributed by atoms with Crippen LogP contribution >= 0.6 is 0 Å². The Morgan fingerprint density at radius 1 is 0.792 bits per heavy atom. The molecule has 0 radical (unpaired) electrons. The van der Waals surface area contributed by atoms with Crippen molar-refractivity contribution in [2.24, 2.45) is 0 Å². The van der Waals surface area contributed by atoms with Gasteiger partial charge in [-0.25, -0.2) is 0 Å². The van der Waals surface area contributed by atoms with Crippen molar-refractivity contribution in [2.45, 2.75) is 113 Å². The maximum absolute atomic E-state index is 10.8.